The second-order valence-corrected chi connectivity index (χ2v) is 9.25. The number of nitrogens with zero attached hydrogens (tertiary/aromatic N) is 3. The Balaban J connectivity index is 1.98. The fourth-order valence-corrected chi connectivity index (χ4v) is 4.48. The minimum atomic E-state index is -3.79. The zero-order valence-corrected chi connectivity index (χ0v) is 16.7. The van der Waals surface area contributed by atoms with Crippen LogP contribution in [-0.4, -0.2) is 55.3 Å². The highest BCUT2D eigenvalue weighted by Crippen LogP contribution is 2.25. The first-order valence-electron chi connectivity index (χ1n) is 7.34. The van der Waals surface area contributed by atoms with Crippen LogP contribution in [0.1, 0.15) is 0 Å². The molecule has 0 unspecified atom stereocenters. The summed E-state index contributed by atoms with van der Waals surface area (Å²) in [4.78, 5) is 12.2. The number of benzene rings is 1. The van der Waals surface area contributed by atoms with Crippen LogP contribution in [0.5, 0.6) is 5.75 Å². The van der Waals surface area contributed by atoms with Crippen LogP contribution in [0.25, 0.3) is 0 Å². The number of nitrogens with one attached hydrogen (secondary N) is 1. The minimum absolute atomic E-state index is 0.0765. The normalized spacial score (nSPS) is 11.3. The van der Waals surface area contributed by atoms with E-state index in [0.717, 1.165) is 4.31 Å². The van der Waals surface area contributed by atoms with E-state index in [1.807, 2.05) is 0 Å². The maximum absolute atomic E-state index is 12.5. The van der Waals surface area contributed by atoms with Crippen molar-refractivity contribution < 1.29 is 17.9 Å². The average Bonchev–Trinajstić information content (AvgIpc) is 3.06. The number of aromatic nitrogens is 2. The lowest BCUT2D eigenvalue weighted by molar-refractivity contribution is -0.116. The number of hydrogen-bond donors (Lipinski definition) is 1. The number of sulfonamides is 1. The summed E-state index contributed by atoms with van der Waals surface area (Å²) in [6.07, 6.45) is 1.74. The van der Waals surface area contributed by atoms with Crippen LogP contribution in [0.4, 0.5) is 5.13 Å². The Morgan fingerprint density at radius 2 is 2.08 bits per heavy atom. The fraction of sp³-hybridized carbons (Fsp3) is 0.267. The Labute approximate surface area is 160 Å². The predicted octanol–water partition coefficient (Wildman–Crippen LogP) is 2.08. The van der Waals surface area contributed by atoms with Crippen LogP contribution in [0.2, 0.25) is 0 Å². The van der Waals surface area contributed by atoms with E-state index in [-0.39, 0.29) is 11.4 Å². The molecule has 0 saturated heterocycles. The van der Waals surface area contributed by atoms with Gasteiger partial charge in [0.1, 0.15) is 5.75 Å². The lowest BCUT2D eigenvalue weighted by Crippen LogP contribution is -2.34. The van der Waals surface area contributed by atoms with Crippen LogP contribution < -0.4 is 10.1 Å². The van der Waals surface area contributed by atoms with Gasteiger partial charge >= 0.3 is 0 Å². The highest BCUT2D eigenvalue weighted by molar-refractivity contribution is 8.01. The Hall–Kier alpha value is -1.95. The van der Waals surface area contributed by atoms with Crippen LogP contribution in [0, 0.1) is 0 Å². The maximum atomic E-state index is 12.5. The molecule has 140 valence electrons. The summed E-state index contributed by atoms with van der Waals surface area (Å²) < 4.78 is 31.7. The van der Waals surface area contributed by atoms with Crippen molar-refractivity contribution in [1.29, 1.82) is 0 Å². The van der Waals surface area contributed by atoms with Gasteiger partial charge in [0, 0.05) is 12.8 Å². The van der Waals surface area contributed by atoms with E-state index < -0.39 is 15.9 Å². The van der Waals surface area contributed by atoms with E-state index >= 15 is 0 Å². The first kappa shape index (κ1) is 20.4. The van der Waals surface area contributed by atoms with Gasteiger partial charge in [-0.25, -0.2) is 8.42 Å². The molecule has 8 nitrogen and oxygen atoms in total. The van der Waals surface area contributed by atoms with Crippen molar-refractivity contribution in [2.75, 3.05) is 31.8 Å². The predicted molar refractivity (Wildman–Crippen MR) is 102 cm³/mol. The lowest BCUT2D eigenvalue weighted by Gasteiger charge is -2.16. The Bertz CT molecular complexity index is 865. The smallest absolute Gasteiger partial charge is 0.243 e. The van der Waals surface area contributed by atoms with Crippen LogP contribution in [-0.2, 0) is 14.8 Å². The first-order chi connectivity index (χ1) is 12.4. The number of amides is 1. The zero-order chi connectivity index (χ0) is 19.2. The zero-order valence-electron chi connectivity index (χ0n) is 14.2. The van der Waals surface area contributed by atoms with E-state index in [2.05, 4.69) is 22.1 Å². The molecule has 1 heterocycles. The molecule has 0 aliphatic rings. The Morgan fingerprint density at radius 3 is 2.69 bits per heavy atom. The molecule has 2 rings (SSSR count). The number of likely N-dealkylation sites (N-methyl/N-ethyl adjacent to an activating group) is 1. The monoisotopic (exact) mass is 414 g/mol. The van der Waals surface area contributed by atoms with Crippen molar-refractivity contribution in [3.8, 4) is 5.75 Å². The largest absolute Gasteiger partial charge is 0.497 e. The molecular weight excluding hydrogens is 396 g/mol. The van der Waals surface area contributed by atoms with Crippen molar-refractivity contribution >= 4 is 44.2 Å². The molecule has 0 aliphatic heterocycles. The molecule has 1 aromatic carbocycles. The third kappa shape index (κ3) is 5.27. The molecule has 0 aliphatic carbocycles. The number of carbonyl (C=O) groups is 1. The molecule has 2 aromatic rings. The van der Waals surface area contributed by atoms with Gasteiger partial charge in [-0.2, -0.15) is 4.31 Å². The van der Waals surface area contributed by atoms with Crippen molar-refractivity contribution in [3.63, 3.8) is 0 Å². The summed E-state index contributed by atoms with van der Waals surface area (Å²) in [7, 11) is -0.956. The Morgan fingerprint density at radius 1 is 1.38 bits per heavy atom. The van der Waals surface area contributed by atoms with Gasteiger partial charge in [0.25, 0.3) is 0 Å². The van der Waals surface area contributed by atoms with Gasteiger partial charge in [-0.1, -0.05) is 29.2 Å². The van der Waals surface area contributed by atoms with E-state index in [0.29, 0.717) is 21.0 Å². The quantitative estimate of drug-likeness (QED) is 0.381. The highest BCUT2D eigenvalue weighted by atomic mass is 32.2. The lowest BCUT2D eigenvalue weighted by atomic mass is 10.3. The van der Waals surface area contributed by atoms with Crippen molar-refractivity contribution in [2.45, 2.75) is 9.24 Å². The fourth-order valence-electron chi connectivity index (χ4n) is 1.82. The van der Waals surface area contributed by atoms with Crippen LogP contribution >= 0.6 is 23.1 Å². The molecule has 1 amide bonds. The topological polar surface area (TPSA) is 101 Å². The standard InChI is InChI=1S/C15H18N4O4S3/c1-4-9-24-15-18-17-14(25-15)16-13(20)10-19(2)26(21,22)12-7-5-11(23-3)6-8-12/h4-8H,1,9-10H2,2-3H3,(H,16,17,20). The third-order valence-corrected chi connectivity index (χ3v) is 6.90. The molecule has 0 saturated carbocycles. The van der Waals surface area contributed by atoms with Crippen LogP contribution in [0.15, 0.2) is 46.2 Å². The van der Waals surface area contributed by atoms with Gasteiger partial charge in [0.15, 0.2) is 4.34 Å². The van der Waals surface area contributed by atoms with Gasteiger partial charge < -0.3 is 4.74 Å². The number of rotatable bonds is 9. The van der Waals surface area contributed by atoms with Gasteiger partial charge in [0.2, 0.25) is 21.1 Å². The molecule has 0 atom stereocenters. The number of thioether (sulfide) groups is 1. The van der Waals surface area contributed by atoms with Gasteiger partial charge in [0.05, 0.1) is 18.6 Å². The Kier molecular flexibility index (Phi) is 7.14. The van der Waals surface area contributed by atoms with Crippen molar-refractivity contribution in [3.05, 3.63) is 36.9 Å². The maximum Gasteiger partial charge on any atom is 0.243 e. The van der Waals surface area contributed by atoms with Gasteiger partial charge in [-0.15, -0.1) is 16.8 Å². The summed E-state index contributed by atoms with van der Waals surface area (Å²) >= 11 is 2.66. The number of methoxy groups -OCH3 is 1. The number of hydrogen-bond acceptors (Lipinski definition) is 8. The molecule has 1 N–H and O–H groups in total. The summed E-state index contributed by atoms with van der Waals surface area (Å²) in [5.41, 5.74) is 0. The summed E-state index contributed by atoms with van der Waals surface area (Å²) in [5, 5.41) is 10.6. The summed E-state index contributed by atoms with van der Waals surface area (Å²) in [6, 6.07) is 5.95. The molecular formula is C15H18N4O4S3. The van der Waals surface area contributed by atoms with E-state index in [4.69, 9.17) is 4.74 Å². The highest BCUT2D eigenvalue weighted by Gasteiger charge is 2.23. The average molecular weight is 415 g/mol. The molecule has 0 fully saturated rings. The van der Waals surface area contributed by atoms with Crippen LogP contribution in [0.3, 0.4) is 0 Å². The first-order valence-corrected chi connectivity index (χ1v) is 10.6. The van der Waals surface area contributed by atoms with Gasteiger partial charge in [-0.05, 0) is 24.3 Å². The van der Waals surface area contributed by atoms with E-state index in [1.54, 1.807) is 18.2 Å². The van der Waals surface area contributed by atoms with Crippen molar-refractivity contribution in [1.82, 2.24) is 14.5 Å². The molecule has 0 radical (unpaired) electrons. The van der Waals surface area contributed by atoms with Gasteiger partial charge in [-0.3, -0.25) is 10.1 Å². The SMILES string of the molecule is C=CCSc1nnc(NC(=O)CN(C)S(=O)(=O)c2ccc(OC)cc2)s1. The molecule has 11 heteroatoms. The number of anilines is 1. The molecule has 1 aromatic heterocycles. The van der Waals surface area contributed by atoms with E-state index in [1.165, 1.54) is 49.4 Å². The molecule has 26 heavy (non-hydrogen) atoms. The summed E-state index contributed by atoms with van der Waals surface area (Å²) in [5.74, 6) is 0.734. The number of carbonyl (C=O) groups excluding carboxylic acids is 1. The second kappa shape index (κ2) is 9.12. The molecule has 0 bridgehead atoms. The van der Waals surface area contributed by atoms with Crippen molar-refractivity contribution in [2.24, 2.45) is 0 Å². The van der Waals surface area contributed by atoms with E-state index in [9.17, 15) is 13.2 Å². The molecule has 0 spiro atoms. The second-order valence-electron chi connectivity index (χ2n) is 4.96. The summed E-state index contributed by atoms with van der Waals surface area (Å²) in [6.45, 7) is 3.27. The third-order valence-electron chi connectivity index (χ3n) is 3.11. The minimum Gasteiger partial charge on any atom is -0.497 e. The number of ether oxygens (including phenoxy) is 1.